The van der Waals surface area contributed by atoms with Crippen LogP contribution in [0.5, 0.6) is 0 Å². The summed E-state index contributed by atoms with van der Waals surface area (Å²) in [6.45, 7) is 0.317. The summed E-state index contributed by atoms with van der Waals surface area (Å²) in [7, 11) is 0. The van der Waals surface area contributed by atoms with Crippen LogP contribution in [-0.2, 0) is 6.54 Å². The highest BCUT2D eigenvalue weighted by Gasteiger charge is 1.97. The molecule has 2 aromatic rings. The first-order valence-corrected chi connectivity index (χ1v) is 5.31. The fourth-order valence-corrected chi connectivity index (χ4v) is 1.38. The lowest BCUT2D eigenvalue weighted by Crippen LogP contribution is -2.10. The zero-order valence-electron chi connectivity index (χ0n) is 9.27. The molecular weight excluding hydrogens is 214 g/mol. The molecule has 0 amide bonds. The van der Waals surface area contributed by atoms with Gasteiger partial charge in [-0.15, -0.1) is 5.11 Å². The van der Waals surface area contributed by atoms with E-state index in [9.17, 15) is 5.21 Å². The molecular formula is C13H13N3O. The van der Waals surface area contributed by atoms with Crippen LogP contribution in [-0.4, -0.2) is 10.4 Å². The van der Waals surface area contributed by atoms with Gasteiger partial charge in [0.25, 0.3) is 0 Å². The van der Waals surface area contributed by atoms with Gasteiger partial charge in [0, 0.05) is 0 Å². The molecule has 1 N–H and O–H groups in total. The van der Waals surface area contributed by atoms with Gasteiger partial charge in [-0.05, 0) is 22.9 Å². The van der Waals surface area contributed by atoms with E-state index in [-0.39, 0.29) is 0 Å². The van der Waals surface area contributed by atoms with Crippen LogP contribution in [0.15, 0.2) is 71.0 Å². The molecule has 0 spiro atoms. The van der Waals surface area contributed by atoms with Crippen molar-refractivity contribution in [3.8, 4) is 0 Å². The van der Waals surface area contributed by atoms with E-state index in [1.807, 2.05) is 60.7 Å². The Morgan fingerprint density at radius 3 is 2.12 bits per heavy atom. The molecule has 2 rings (SSSR count). The first kappa shape index (κ1) is 11.3. The molecule has 0 bridgehead atoms. The van der Waals surface area contributed by atoms with E-state index in [0.717, 1.165) is 10.7 Å². The van der Waals surface area contributed by atoms with Crippen LogP contribution in [0.2, 0.25) is 0 Å². The maximum absolute atomic E-state index is 9.54. The Bertz CT molecular complexity index is 471. The molecule has 2 aromatic carbocycles. The molecule has 0 aliphatic carbocycles. The molecule has 0 aliphatic rings. The zero-order chi connectivity index (χ0) is 11.9. The first-order chi connectivity index (χ1) is 8.34. The van der Waals surface area contributed by atoms with E-state index in [4.69, 9.17) is 0 Å². The van der Waals surface area contributed by atoms with Gasteiger partial charge in [-0.25, -0.2) is 0 Å². The topological polar surface area (TPSA) is 48.2 Å². The molecule has 0 radical (unpaired) electrons. The fourth-order valence-electron chi connectivity index (χ4n) is 1.38. The Morgan fingerprint density at radius 1 is 0.882 bits per heavy atom. The van der Waals surface area contributed by atoms with Gasteiger partial charge in [0.2, 0.25) is 0 Å². The van der Waals surface area contributed by atoms with Gasteiger partial charge in [-0.1, -0.05) is 48.5 Å². The molecule has 0 aromatic heterocycles. The summed E-state index contributed by atoms with van der Waals surface area (Å²) in [6.07, 6.45) is 0. The van der Waals surface area contributed by atoms with Crippen molar-refractivity contribution in [1.29, 1.82) is 0 Å². The zero-order valence-corrected chi connectivity index (χ0v) is 9.27. The number of hydrogen-bond acceptors (Lipinski definition) is 3. The molecule has 4 nitrogen and oxygen atoms in total. The summed E-state index contributed by atoms with van der Waals surface area (Å²) in [6, 6.07) is 18.9. The van der Waals surface area contributed by atoms with Gasteiger partial charge >= 0.3 is 0 Å². The number of nitrogens with zero attached hydrogens (tertiary/aromatic N) is 3. The van der Waals surface area contributed by atoms with E-state index in [1.165, 1.54) is 0 Å². The maximum atomic E-state index is 9.54. The Morgan fingerprint density at radius 2 is 1.47 bits per heavy atom. The van der Waals surface area contributed by atoms with Crippen LogP contribution < -0.4 is 0 Å². The molecule has 0 aliphatic heterocycles. The van der Waals surface area contributed by atoms with Crippen molar-refractivity contribution >= 4 is 5.69 Å². The smallest absolute Gasteiger partial charge is 0.0914 e. The molecule has 17 heavy (non-hydrogen) atoms. The van der Waals surface area contributed by atoms with E-state index in [1.54, 1.807) is 0 Å². The molecule has 4 heteroatoms. The lowest BCUT2D eigenvalue weighted by Gasteiger charge is -2.08. The first-order valence-electron chi connectivity index (χ1n) is 5.31. The van der Waals surface area contributed by atoms with Gasteiger partial charge < -0.3 is 0 Å². The van der Waals surface area contributed by atoms with Crippen LogP contribution in [0, 0.1) is 0 Å². The minimum atomic E-state index is 0.317. The fraction of sp³-hybridized carbons (Fsp3) is 0.0769. The lowest BCUT2D eigenvalue weighted by molar-refractivity contribution is -0.106. The average Bonchev–Trinajstić information content (AvgIpc) is 2.39. The van der Waals surface area contributed by atoms with Crippen LogP contribution in [0.25, 0.3) is 0 Å². The SMILES string of the molecule is ON(Cc1ccccc1)N=Nc1ccccc1. The van der Waals surface area contributed by atoms with Gasteiger partial charge in [0.05, 0.1) is 12.2 Å². The van der Waals surface area contributed by atoms with E-state index in [2.05, 4.69) is 10.3 Å². The minimum absolute atomic E-state index is 0.317. The highest BCUT2D eigenvalue weighted by atomic mass is 16.5. The van der Waals surface area contributed by atoms with Gasteiger partial charge in [-0.3, -0.25) is 5.21 Å². The molecule has 86 valence electrons. The summed E-state index contributed by atoms with van der Waals surface area (Å²) < 4.78 is 0. The van der Waals surface area contributed by atoms with Crippen molar-refractivity contribution < 1.29 is 5.21 Å². The van der Waals surface area contributed by atoms with Gasteiger partial charge in [0.15, 0.2) is 0 Å². The largest absolute Gasteiger partial charge is 0.270 e. The molecule has 0 atom stereocenters. The predicted octanol–water partition coefficient (Wildman–Crippen LogP) is 3.58. The Kier molecular flexibility index (Phi) is 3.83. The molecule has 0 unspecified atom stereocenters. The lowest BCUT2D eigenvalue weighted by atomic mass is 10.2. The van der Waals surface area contributed by atoms with E-state index in [0.29, 0.717) is 12.2 Å². The molecule has 0 saturated carbocycles. The van der Waals surface area contributed by atoms with Crippen LogP contribution >= 0.6 is 0 Å². The monoisotopic (exact) mass is 227 g/mol. The summed E-state index contributed by atoms with van der Waals surface area (Å²) >= 11 is 0. The van der Waals surface area contributed by atoms with Crippen molar-refractivity contribution in [2.45, 2.75) is 6.54 Å². The van der Waals surface area contributed by atoms with Crippen molar-refractivity contribution in [3.63, 3.8) is 0 Å². The average molecular weight is 227 g/mol. The minimum Gasteiger partial charge on any atom is -0.270 e. The molecule has 0 saturated heterocycles. The standard InChI is InChI=1S/C13H13N3O/c17-16(11-12-7-3-1-4-8-12)15-14-13-9-5-2-6-10-13/h1-10,17H,11H2. The molecule has 0 heterocycles. The normalized spacial score (nSPS) is 10.6. The number of rotatable bonds is 4. The van der Waals surface area contributed by atoms with Gasteiger partial charge in [0.1, 0.15) is 0 Å². The van der Waals surface area contributed by atoms with Crippen LogP contribution in [0.3, 0.4) is 0 Å². The Labute approximate surface area is 99.8 Å². The van der Waals surface area contributed by atoms with Gasteiger partial charge in [-0.2, -0.15) is 5.17 Å². The molecule has 0 fully saturated rings. The highest BCUT2D eigenvalue weighted by Crippen LogP contribution is 2.11. The third kappa shape index (κ3) is 3.70. The highest BCUT2D eigenvalue weighted by molar-refractivity contribution is 5.34. The summed E-state index contributed by atoms with van der Waals surface area (Å²) in [5.74, 6) is 0. The van der Waals surface area contributed by atoms with Crippen LogP contribution in [0.1, 0.15) is 5.56 Å². The summed E-state index contributed by atoms with van der Waals surface area (Å²) in [4.78, 5) is 0. The second-order valence-electron chi connectivity index (χ2n) is 3.54. The third-order valence-electron chi connectivity index (χ3n) is 2.19. The van der Waals surface area contributed by atoms with E-state index >= 15 is 0 Å². The number of hydrogen-bond donors (Lipinski definition) is 1. The number of benzene rings is 2. The number of hydroxylamine groups is 1. The van der Waals surface area contributed by atoms with Crippen molar-refractivity contribution in [2.24, 2.45) is 10.3 Å². The summed E-state index contributed by atoms with van der Waals surface area (Å²) in [5, 5.41) is 18.0. The van der Waals surface area contributed by atoms with Crippen LogP contribution in [0.4, 0.5) is 5.69 Å². The quantitative estimate of drug-likeness (QED) is 0.641. The maximum Gasteiger partial charge on any atom is 0.0914 e. The van der Waals surface area contributed by atoms with E-state index < -0.39 is 0 Å². The van der Waals surface area contributed by atoms with Crippen molar-refractivity contribution in [1.82, 2.24) is 5.17 Å². The third-order valence-corrected chi connectivity index (χ3v) is 2.19. The Hall–Kier alpha value is -2.20. The second kappa shape index (κ2) is 5.77. The van der Waals surface area contributed by atoms with Crippen molar-refractivity contribution in [3.05, 3.63) is 66.2 Å². The summed E-state index contributed by atoms with van der Waals surface area (Å²) in [5.41, 5.74) is 1.68. The second-order valence-corrected chi connectivity index (χ2v) is 3.54. The Balaban J connectivity index is 1.94. The predicted molar refractivity (Wildman–Crippen MR) is 64.7 cm³/mol. The van der Waals surface area contributed by atoms with Crippen molar-refractivity contribution in [2.75, 3.05) is 0 Å².